The summed E-state index contributed by atoms with van der Waals surface area (Å²) in [5.74, 6) is 1.45. The van der Waals surface area contributed by atoms with E-state index in [0.717, 1.165) is 28.4 Å². The highest BCUT2D eigenvalue weighted by atomic mass is 79.9. The number of halogens is 1. The molecule has 0 radical (unpaired) electrons. The number of rotatable bonds is 1. The minimum absolute atomic E-state index is 0.105. The van der Waals surface area contributed by atoms with Gasteiger partial charge in [-0.1, -0.05) is 39.8 Å². The van der Waals surface area contributed by atoms with Gasteiger partial charge in [0.1, 0.15) is 5.75 Å². The highest BCUT2D eigenvalue weighted by molar-refractivity contribution is 9.10. The van der Waals surface area contributed by atoms with Gasteiger partial charge in [0.05, 0.1) is 18.3 Å². The largest absolute Gasteiger partial charge is 0.492 e. The van der Waals surface area contributed by atoms with E-state index in [2.05, 4.69) is 76.8 Å². The molecule has 0 N–H and O–H groups in total. The first-order valence-corrected chi connectivity index (χ1v) is 14.1. The van der Waals surface area contributed by atoms with Gasteiger partial charge in [-0.05, 0) is 75.8 Å². The van der Waals surface area contributed by atoms with E-state index in [1.807, 2.05) is 11.8 Å². The Labute approximate surface area is 214 Å². The van der Waals surface area contributed by atoms with Crippen molar-refractivity contribution in [3.63, 3.8) is 0 Å². The molecular formula is C28H30BrN3OS. The van der Waals surface area contributed by atoms with E-state index >= 15 is 0 Å². The minimum atomic E-state index is -0.105. The second-order valence-corrected chi connectivity index (χ2v) is 12.8. The van der Waals surface area contributed by atoms with Gasteiger partial charge in [-0.25, -0.2) is 0 Å². The van der Waals surface area contributed by atoms with Crippen molar-refractivity contribution in [2.45, 2.75) is 58.0 Å². The summed E-state index contributed by atoms with van der Waals surface area (Å²) in [4.78, 5) is 11.9. The molecule has 176 valence electrons. The molecule has 2 aromatic rings. The third-order valence-corrected chi connectivity index (χ3v) is 9.95. The number of allylic oxidation sites excluding steroid dienone is 1. The first-order valence-electron chi connectivity index (χ1n) is 12.5. The van der Waals surface area contributed by atoms with Gasteiger partial charge in [-0.3, -0.25) is 4.99 Å². The number of fused-ring (bicyclic) bond motifs is 5. The summed E-state index contributed by atoms with van der Waals surface area (Å²) >= 11 is 5.42. The quantitative estimate of drug-likeness (QED) is 0.402. The van der Waals surface area contributed by atoms with E-state index in [-0.39, 0.29) is 11.6 Å². The maximum absolute atomic E-state index is 6.68. The monoisotopic (exact) mass is 535 g/mol. The highest BCUT2D eigenvalue weighted by Crippen LogP contribution is 2.56. The lowest BCUT2D eigenvalue weighted by molar-refractivity contribution is 0.0737. The Bertz CT molecular complexity index is 1260. The summed E-state index contributed by atoms with van der Waals surface area (Å²) in [5.41, 5.74) is 8.25. The molecule has 0 saturated heterocycles. The predicted molar refractivity (Wildman–Crippen MR) is 145 cm³/mol. The molecule has 7 rings (SSSR count). The van der Waals surface area contributed by atoms with E-state index in [4.69, 9.17) is 9.73 Å². The number of amidine groups is 1. The second kappa shape index (κ2) is 7.54. The van der Waals surface area contributed by atoms with E-state index in [1.165, 1.54) is 70.9 Å². The molecule has 2 aromatic carbocycles. The standard InChI is InChI=1S/C28H30BrN3OS/c1-16-24(17-8-10-19(29)11-9-17)32-27(34-16)30-23-21-14-18-6-4-12-31-13-5-7-20(25(18)31)26(21)33-15-22(23)28(32,2)3/h8-11,14,22-23H,4-7,12-13,15H2,1-3H3/t22-,23-/m0/s1. The van der Waals surface area contributed by atoms with Crippen LogP contribution in [-0.2, 0) is 12.8 Å². The fraction of sp³-hybridized carbons (Fsp3) is 0.464. The zero-order valence-electron chi connectivity index (χ0n) is 20.0. The molecular weight excluding hydrogens is 506 g/mol. The average Bonchev–Trinajstić information content (AvgIpc) is 3.17. The Morgan fingerprint density at radius 1 is 1.12 bits per heavy atom. The van der Waals surface area contributed by atoms with Crippen LogP contribution in [0.5, 0.6) is 5.75 Å². The highest BCUT2D eigenvalue weighted by Gasteiger charge is 2.53. The predicted octanol–water partition coefficient (Wildman–Crippen LogP) is 6.78. The Morgan fingerprint density at radius 3 is 2.68 bits per heavy atom. The van der Waals surface area contributed by atoms with Crippen molar-refractivity contribution in [1.82, 2.24) is 4.90 Å². The van der Waals surface area contributed by atoms with Crippen molar-refractivity contribution < 1.29 is 4.74 Å². The maximum atomic E-state index is 6.68. The molecule has 6 heteroatoms. The van der Waals surface area contributed by atoms with Crippen molar-refractivity contribution in [2.24, 2.45) is 10.9 Å². The van der Waals surface area contributed by atoms with Gasteiger partial charge < -0.3 is 14.5 Å². The van der Waals surface area contributed by atoms with Crippen LogP contribution in [0.4, 0.5) is 5.69 Å². The lowest BCUT2D eigenvalue weighted by Gasteiger charge is -2.52. The van der Waals surface area contributed by atoms with Gasteiger partial charge in [-0.2, -0.15) is 0 Å². The van der Waals surface area contributed by atoms with E-state index in [0.29, 0.717) is 5.92 Å². The number of thioether (sulfide) groups is 1. The van der Waals surface area contributed by atoms with Crippen molar-refractivity contribution in [3.05, 3.63) is 62.0 Å². The van der Waals surface area contributed by atoms with Gasteiger partial charge in [0.2, 0.25) is 0 Å². The van der Waals surface area contributed by atoms with Crippen molar-refractivity contribution in [2.75, 3.05) is 24.6 Å². The first kappa shape index (κ1) is 21.4. The van der Waals surface area contributed by atoms with Crippen LogP contribution < -0.4 is 9.64 Å². The van der Waals surface area contributed by atoms with Crippen molar-refractivity contribution >= 4 is 44.2 Å². The maximum Gasteiger partial charge on any atom is 0.169 e. The number of ether oxygens (including phenoxy) is 1. The molecule has 0 bridgehead atoms. The van der Waals surface area contributed by atoms with Crippen LogP contribution in [0.1, 0.15) is 61.9 Å². The smallest absolute Gasteiger partial charge is 0.169 e. The van der Waals surface area contributed by atoms with E-state index in [1.54, 1.807) is 0 Å². The summed E-state index contributed by atoms with van der Waals surface area (Å²) in [5, 5.41) is 1.14. The normalized spacial score (nSPS) is 26.3. The molecule has 0 saturated carbocycles. The number of aryl methyl sites for hydroxylation is 1. The Morgan fingerprint density at radius 2 is 1.88 bits per heavy atom. The van der Waals surface area contributed by atoms with Gasteiger partial charge >= 0.3 is 0 Å². The zero-order valence-corrected chi connectivity index (χ0v) is 22.4. The summed E-state index contributed by atoms with van der Waals surface area (Å²) in [6.45, 7) is 10.1. The fourth-order valence-electron chi connectivity index (χ4n) is 6.80. The van der Waals surface area contributed by atoms with Crippen LogP contribution in [0.3, 0.4) is 0 Å². The second-order valence-electron chi connectivity index (χ2n) is 10.8. The molecule has 0 amide bonds. The number of hydrogen-bond donors (Lipinski definition) is 0. The van der Waals surface area contributed by atoms with Crippen molar-refractivity contribution in [3.8, 4) is 5.75 Å². The minimum Gasteiger partial charge on any atom is -0.492 e. The average molecular weight is 537 g/mol. The van der Waals surface area contributed by atoms with Crippen LogP contribution in [0.2, 0.25) is 0 Å². The third-order valence-electron chi connectivity index (χ3n) is 8.45. The van der Waals surface area contributed by atoms with Crippen LogP contribution in [0.25, 0.3) is 5.70 Å². The number of benzene rings is 2. The van der Waals surface area contributed by atoms with Crippen LogP contribution >= 0.6 is 27.7 Å². The van der Waals surface area contributed by atoms with Gasteiger partial charge in [0.25, 0.3) is 0 Å². The summed E-state index contributed by atoms with van der Waals surface area (Å²) < 4.78 is 7.79. The van der Waals surface area contributed by atoms with Gasteiger partial charge in [0.15, 0.2) is 5.17 Å². The number of anilines is 1. The van der Waals surface area contributed by atoms with E-state index < -0.39 is 0 Å². The molecule has 0 spiro atoms. The molecule has 0 fully saturated rings. The van der Waals surface area contributed by atoms with E-state index in [9.17, 15) is 0 Å². The van der Waals surface area contributed by atoms with Crippen molar-refractivity contribution in [1.29, 1.82) is 0 Å². The summed E-state index contributed by atoms with van der Waals surface area (Å²) in [6.07, 6.45) is 4.79. The molecule has 4 nitrogen and oxygen atoms in total. The summed E-state index contributed by atoms with van der Waals surface area (Å²) in [7, 11) is 0. The zero-order chi connectivity index (χ0) is 23.2. The Kier molecular flexibility index (Phi) is 4.74. The summed E-state index contributed by atoms with van der Waals surface area (Å²) in [6, 6.07) is 11.3. The fourth-order valence-corrected chi connectivity index (χ4v) is 8.23. The van der Waals surface area contributed by atoms with Gasteiger partial charge in [-0.15, -0.1) is 0 Å². The molecule has 2 atom stereocenters. The van der Waals surface area contributed by atoms with Crippen LogP contribution in [-0.4, -0.2) is 35.3 Å². The number of nitrogens with zero attached hydrogens (tertiary/aromatic N) is 3. The third kappa shape index (κ3) is 2.94. The Hall–Kier alpha value is -1.92. The molecule has 34 heavy (non-hydrogen) atoms. The number of hydrogen-bond acceptors (Lipinski definition) is 5. The lowest BCUT2D eigenvalue weighted by atomic mass is 9.74. The lowest BCUT2D eigenvalue weighted by Crippen LogP contribution is -2.56. The molecule has 0 aliphatic carbocycles. The molecule has 0 aromatic heterocycles. The topological polar surface area (TPSA) is 28.1 Å². The molecule has 5 heterocycles. The SMILES string of the molecule is CC1=C(c2ccc(Br)cc2)N2C(=N[C@H]3c4cc5c6c(c4OC[C@@H]3C2(C)C)CCCN6CCC5)S1. The number of aliphatic imine (C=N–C) groups is 1. The first-order chi connectivity index (χ1) is 16.4. The van der Waals surface area contributed by atoms with Crippen LogP contribution in [0, 0.1) is 5.92 Å². The molecule has 5 aliphatic rings. The molecule has 0 unspecified atom stereocenters. The molecule has 5 aliphatic heterocycles. The Balaban J connectivity index is 1.36. The van der Waals surface area contributed by atoms with Gasteiger partial charge in [0, 0.05) is 50.7 Å². The van der Waals surface area contributed by atoms with Crippen LogP contribution in [0.15, 0.2) is 44.7 Å².